The molecule has 3 aliphatic rings. The van der Waals surface area contributed by atoms with Crippen molar-refractivity contribution in [3.8, 4) is 0 Å². The number of benzene rings is 6. The molecule has 0 unspecified atom stereocenters. The Morgan fingerprint density at radius 3 is 1.77 bits per heavy atom. The predicted octanol–water partition coefficient (Wildman–Crippen LogP) is 7.35. The zero-order valence-electron chi connectivity index (χ0n) is 36.3. The Bertz CT molecular complexity index is 2530. The van der Waals surface area contributed by atoms with Gasteiger partial charge in [-0.3, -0.25) is 4.79 Å². The molecular weight excluding hydrogens is 843 g/mol. The van der Waals surface area contributed by atoms with Gasteiger partial charge in [-0.1, -0.05) is 133 Å². The van der Waals surface area contributed by atoms with Gasteiger partial charge in [0.2, 0.25) is 5.91 Å². The maximum absolute atomic E-state index is 13.7. The second-order valence-electron chi connectivity index (χ2n) is 16.4. The van der Waals surface area contributed by atoms with Gasteiger partial charge >= 0.3 is 11.9 Å². The highest BCUT2D eigenvalue weighted by atomic mass is 16.8. The van der Waals surface area contributed by atoms with E-state index < -0.39 is 73.3 Å². The van der Waals surface area contributed by atoms with Crippen LogP contribution in [0.1, 0.15) is 44.3 Å². The number of carbonyl (C=O) groups is 3. The molecule has 3 heterocycles. The third-order valence-electron chi connectivity index (χ3n) is 11.8. The van der Waals surface area contributed by atoms with Crippen LogP contribution in [0.2, 0.25) is 0 Å². The van der Waals surface area contributed by atoms with Gasteiger partial charge in [0.25, 0.3) is 0 Å². The standard InChI is InChI=1S/C53H51NO12/c1-34(55)54-44-47(59-29-35-16-6-2-7-17-35)45(58-31-37-26-27-38-20-14-15-25-41(38)28-37)42(32-61-50(56)39-21-10-4-11-22-39)63-52(44)66-46-43-33-62-53(64-43)49(65-51(57)40-23-12-5-13-24-40)48(46)60-30-36-18-8-3-9-19-36/h2-28,42-49,52-53H,29-33H2,1H3,(H,54,55)/t42-,43+,44-,45-,46+,47-,48-,49-,52-,53-/m1/s1. The van der Waals surface area contributed by atoms with Crippen LogP contribution in [-0.4, -0.2) is 92.4 Å². The van der Waals surface area contributed by atoms with Crippen molar-refractivity contribution in [3.63, 3.8) is 0 Å². The second-order valence-corrected chi connectivity index (χ2v) is 16.4. The zero-order valence-corrected chi connectivity index (χ0v) is 36.3. The van der Waals surface area contributed by atoms with Gasteiger partial charge < -0.3 is 47.9 Å². The largest absolute Gasteiger partial charge is 0.459 e. The predicted molar refractivity (Wildman–Crippen MR) is 241 cm³/mol. The first-order chi connectivity index (χ1) is 32.4. The molecule has 13 nitrogen and oxygen atoms in total. The van der Waals surface area contributed by atoms with Gasteiger partial charge in [-0.25, -0.2) is 9.59 Å². The Hall–Kier alpha value is -6.29. The van der Waals surface area contributed by atoms with E-state index in [1.165, 1.54) is 6.92 Å². The number of fused-ring (bicyclic) bond motifs is 3. The van der Waals surface area contributed by atoms with Crippen molar-refractivity contribution in [1.82, 2.24) is 5.32 Å². The van der Waals surface area contributed by atoms with Crippen LogP contribution in [0.25, 0.3) is 10.8 Å². The average Bonchev–Trinajstić information content (AvgIpc) is 3.80. The summed E-state index contributed by atoms with van der Waals surface area (Å²) in [4.78, 5) is 40.5. The van der Waals surface area contributed by atoms with Crippen LogP contribution in [0.5, 0.6) is 0 Å². The van der Waals surface area contributed by atoms with Crippen molar-refractivity contribution in [3.05, 3.63) is 192 Å². The lowest BCUT2D eigenvalue weighted by Gasteiger charge is -2.48. The van der Waals surface area contributed by atoms with Gasteiger partial charge in [0.15, 0.2) is 18.7 Å². The van der Waals surface area contributed by atoms with Crippen molar-refractivity contribution >= 4 is 28.6 Å². The third kappa shape index (κ3) is 10.9. The van der Waals surface area contributed by atoms with E-state index >= 15 is 0 Å². The number of nitrogens with one attached hydrogen (secondary N) is 1. The number of hydrogen-bond acceptors (Lipinski definition) is 12. The Morgan fingerprint density at radius 1 is 0.561 bits per heavy atom. The van der Waals surface area contributed by atoms with Crippen molar-refractivity contribution in [2.24, 2.45) is 0 Å². The van der Waals surface area contributed by atoms with Gasteiger partial charge in [0.1, 0.15) is 49.3 Å². The monoisotopic (exact) mass is 893 g/mol. The van der Waals surface area contributed by atoms with E-state index in [1.807, 2.05) is 109 Å². The Labute approximate surface area is 382 Å². The average molecular weight is 894 g/mol. The number of rotatable bonds is 17. The second kappa shape index (κ2) is 21.3. The van der Waals surface area contributed by atoms with Crippen molar-refractivity contribution in [2.75, 3.05) is 13.2 Å². The lowest BCUT2D eigenvalue weighted by molar-refractivity contribution is -0.329. The summed E-state index contributed by atoms with van der Waals surface area (Å²) in [6.07, 6.45) is -8.83. The topological polar surface area (TPSA) is 146 Å². The van der Waals surface area contributed by atoms with E-state index in [4.69, 9.17) is 42.6 Å². The summed E-state index contributed by atoms with van der Waals surface area (Å²) >= 11 is 0. The van der Waals surface area contributed by atoms with Crippen molar-refractivity contribution in [2.45, 2.75) is 88.1 Å². The van der Waals surface area contributed by atoms with E-state index in [9.17, 15) is 14.4 Å². The first-order valence-electron chi connectivity index (χ1n) is 22.1. The summed E-state index contributed by atoms with van der Waals surface area (Å²) in [5.74, 6) is -1.55. The van der Waals surface area contributed by atoms with E-state index in [1.54, 1.807) is 48.5 Å². The highest BCUT2D eigenvalue weighted by Gasteiger charge is 2.57. The fourth-order valence-electron chi connectivity index (χ4n) is 8.55. The molecule has 0 saturated carbocycles. The molecule has 2 bridgehead atoms. The molecule has 66 heavy (non-hydrogen) atoms. The molecule has 10 atom stereocenters. The SMILES string of the molecule is CC(=O)N[C@H]1[C@@H](O[C@@H]2[C@@H](OCc3ccccc3)[C@@H](OC(=O)c3ccccc3)[C@@H]3OC[C@@H]2O3)O[C@H](COC(=O)c2ccccc2)[C@@H](OCc2ccc3ccccc3c2)[C@@H]1OCc1ccccc1. The van der Waals surface area contributed by atoms with Gasteiger partial charge in [0, 0.05) is 6.92 Å². The summed E-state index contributed by atoms with van der Waals surface area (Å²) in [7, 11) is 0. The fraction of sp³-hybridized carbons (Fsp3) is 0.302. The van der Waals surface area contributed by atoms with Crippen LogP contribution < -0.4 is 5.32 Å². The van der Waals surface area contributed by atoms with Crippen molar-refractivity contribution < 1.29 is 57.0 Å². The molecule has 3 fully saturated rings. The van der Waals surface area contributed by atoms with E-state index in [0.29, 0.717) is 11.1 Å². The molecule has 1 N–H and O–H groups in total. The first-order valence-corrected chi connectivity index (χ1v) is 22.1. The lowest BCUT2D eigenvalue weighted by atomic mass is 9.94. The van der Waals surface area contributed by atoms with E-state index in [2.05, 4.69) is 11.4 Å². The summed E-state index contributed by atoms with van der Waals surface area (Å²) in [5, 5.41) is 5.17. The molecule has 0 aliphatic carbocycles. The van der Waals surface area contributed by atoms with Gasteiger partial charge in [-0.05, 0) is 57.8 Å². The molecule has 1 amide bonds. The number of carbonyl (C=O) groups excluding carboxylic acids is 3. The summed E-state index contributed by atoms with van der Waals surface area (Å²) in [6, 6.07) is 49.6. The van der Waals surface area contributed by atoms with E-state index in [0.717, 1.165) is 27.5 Å². The Morgan fingerprint density at radius 2 is 1.12 bits per heavy atom. The van der Waals surface area contributed by atoms with Gasteiger partial charge in [0.05, 0.1) is 37.6 Å². The summed E-state index contributed by atoms with van der Waals surface area (Å²) < 4.78 is 58.8. The number of hydrogen-bond donors (Lipinski definition) is 1. The lowest BCUT2D eigenvalue weighted by Crippen LogP contribution is -2.68. The minimum Gasteiger partial charge on any atom is -0.459 e. The smallest absolute Gasteiger partial charge is 0.338 e. The molecule has 9 rings (SSSR count). The minimum atomic E-state index is -1.28. The fourth-order valence-corrected chi connectivity index (χ4v) is 8.55. The first kappa shape index (κ1) is 44.9. The molecule has 0 aromatic heterocycles. The molecule has 13 heteroatoms. The van der Waals surface area contributed by atoms with Crippen molar-refractivity contribution in [1.29, 1.82) is 0 Å². The van der Waals surface area contributed by atoms with Crippen LogP contribution >= 0.6 is 0 Å². The molecule has 3 saturated heterocycles. The number of esters is 2. The maximum atomic E-state index is 13.7. The maximum Gasteiger partial charge on any atom is 0.338 e. The highest BCUT2D eigenvalue weighted by Crippen LogP contribution is 2.38. The molecule has 6 aromatic carbocycles. The minimum absolute atomic E-state index is 0.0843. The van der Waals surface area contributed by atoms with Gasteiger partial charge in [-0.15, -0.1) is 0 Å². The molecule has 0 radical (unpaired) electrons. The molecule has 3 aliphatic heterocycles. The molecule has 340 valence electrons. The van der Waals surface area contributed by atoms with Crippen LogP contribution in [0, 0.1) is 0 Å². The third-order valence-corrected chi connectivity index (χ3v) is 11.8. The van der Waals surface area contributed by atoms with Crippen LogP contribution in [0.15, 0.2) is 164 Å². The normalized spacial score (nSPS) is 25.8. The molecule has 6 aromatic rings. The molecular formula is C53H51NO12. The van der Waals surface area contributed by atoms with Crippen LogP contribution in [0.4, 0.5) is 0 Å². The Kier molecular flexibility index (Phi) is 14.5. The molecule has 0 spiro atoms. The summed E-state index contributed by atoms with van der Waals surface area (Å²) in [5.41, 5.74) is 3.31. The number of amides is 1. The van der Waals surface area contributed by atoms with Crippen LogP contribution in [0.3, 0.4) is 0 Å². The Balaban J connectivity index is 1.07. The number of ether oxygens (including phenoxy) is 9. The van der Waals surface area contributed by atoms with E-state index in [-0.39, 0.29) is 38.9 Å². The highest BCUT2D eigenvalue weighted by molar-refractivity contribution is 5.90. The van der Waals surface area contributed by atoms with Crippen LogP contribution in [-0.2, 0) is 67.2 Å². The quantitative estimate of drug-likeness (QED) is 0.0914. The zero-order chi connectivity index (χ0) is 45.2. The van der Waals surface area contributed by atoms with Gasteiger partial charge in [-0.2, -0.15) is 0 Å². The summed E-state index contributed by atoms with van der Waals surface area (Å²) in [6.45, 7) is 1.61.